The Morgan fingerprint density at radius 2 is 2.09 bits per heavy atom. The molecule has 0 aliphatic carbocycles. The zero-order valence-electron chi connectivity index (χ0n) is 13.4. The first kappa shape index (κ1) is 16.2. The van der Waals surface area contributed by atoms with E-state index in [0.717, 1.165) is 25.3 Å². The van der Waals surface area contributed by atoms with Gasteiger partial charge in [-0.1, -0.05) is 24.3 Å². The van der Waals surface area contributed by atoms with Gasteiger partial charge in [0.2, 0.25) is 10.0 Å². The van der Waals surface area contributed by atoms with Gasteiger partial charge in [0.1, 0.15) is 0 Å². The molecule has 0 saturated heterocycles. The molecule has 0 unspecified atom stereocenters. The smallest absolute Gasteiger partial charge is 0.208 e. The average Bonchev–Trinajstić information content (AvgIpc) is 2.95. The highest BCUT2D eigenvalue weighted by molar-refractivity contribution is 7.88. The Kier molecular flexibility index (Phi) is 4.52. The molecule has 1 N–H and O–H groups in total. The fraction of sp³-hybridized carbons (Fsp3) is 0.438. The minimum Gasteiger partial charge on any atom is -0.291 e. The second-order valence-corrected chi connectivity index (χ2v) is 7.97. The van der Waals surface area contributed by atoms with Crippen LogP contribution in [0, 0.1) is 6.92 Å². The van der Waals surface area contributed by atoms with Crippen LogP contribution in [-0.2, 0) is 23.1 Å². The normalized spacial score (nSPS) is 18.8. The molecule has 2 heterocycles. The summed E-state index contributed by atoms with van der Waals surface area (Å²) in [6.45, 7) is 4.92. The minimum atomic E-state index is -3.20. The van der Waals surface area contributed by atoms with Gasteiger partial charge in [-0.15, -0.1) is 0 Å². The SMILES string of the molecule is Cc1ccccc1CN1Cc2ccnn2[C@H](CNS(C)(=O)=O)C1. The van der Waals surface area contributed by atoms with Crippen LogP contribution < -0.4 is 4.72 Å². The number of benzene rings is 1. The number of sulfonamides is 1. The highest BCUT2D eigenvalue weighted by Gasteiger charge is 2.26. The molecule has 7 heteroatoms. The third kappa shape index (κ3) is 3.99. The quantitative estimate of drug-likeness (QED) is 0.895. The Labute approximate surface area is 137 Å². The van der Waals surface area contributed by atoms with Crippen LogP contribution in [-0.4, -0.2) is 42.4 Å². The van der Waals surface area contributed by atoms with E-state index in [1.54, 1.807) is 6.20 Å². The number of aromatic nitrogens is 2. The zero-order chi connectivity index (χ0) is 16.4. The lowest BCUT2D eigenvalue weighted by Gasteiger charge is -2.34. The third-order valence-electron chi connectivity index (χ3n) is 4.19. The molecule has 6 nitrogen and oxygen atoms in total. The first-order chi connectivity index (χ1) is 10.9. The highest BCUT2D eigenvalue weighted by Crippen LogP contribution is 2.22. The lowest BCUT2D eigenvalue weighted by atomic mass is 10.1. The van der Waals surface area contributed by atoms with Crippen LogP contribution in [0.5, 0.6) is 0 Å². The van der Waals surface area contributed by atoms with Crippen LogP contribution in [0.2, 0.25) is 0 Å². The van der Waals surface area contributed by atoms with Crippen molar-refractivity contribution in [1.82, 2.24) is 19.4 Å². The van der Waals surface area contributed by atoms with Crippen LogP contribution in [0.4, 0.5) is 0 Å². The predicted molar refractivity (Wildman–Crippen MR) is 89.4 cm³/mol. The van der Waals surface area contributed by atoms with Gasteiger partial charge >= 0.3 is 0 Å². The van der Waals surface area contributed by atoms with Crippen LogP contribution in [0.25, 0.3) is 0 Å². The molecule has 23 heavy (non-hydrogen) atoms. The molecule has 1 aromatic carbocycles. The fourth-order valence-electron chi connectivity index (χ4n) is 3.01. The largest absolute Gasteiger partial charge is 0.291 e. The monoisotopic (exact) mass is 334 g/mol. The molecule has 1 aliphatic rings. The van der Waals surface area contributed by atoms with E-state index in [9.17, 15) is 8.42 Å². The van der Waals surface area contributed by atoms with Crippen molar-refractivity contribution in [2.45, 2.75) is 26.1 Å². The van der Waals surface area contributed by atoms with E-state index in [2.05, 4.69) is 39.8 Å². The molecule has 0 radical (unpaired) electrons. The van der Waals surface area contributed by atoms with E-state index in [0.29, 0.717) is 6.54 Å². The number of hydrogen-bond acceptors (Lipinski definition) is 4. The van der Waals surface area contributed by atoms with Crippen molar-refractivity contribution < 1.29 is 8.42 Å². The van der Waals surface area contributed by atoms with Gasteiger partial charge in [0, 0.05) is 32.4 Å². The maximum Gasteiger partial charge on any atom is 0.208 e. The van der Waals surface area contributed by atoms with Crippen LogP contribution in [0.3, 0.4) is 0 Å². The van der Waals surface area contributed by atoms with Crippen molar-refractivity contribution in [3.63, 3.8) is 0 Å². The summed E-state index contributed by atoms with van der Waals surface area (Å²) in [7, 11) is -3.20. The molecule has 1 aliphatic heterocycles. The van der Waals surface area contributed by atoms with E-state index in [-0.39, 0.29) is 6.04 Å². The van der Waals surface area contributed by atoms with Crippen LogP contribution in [0.15, 0.2) is 36.5 Å². The molecule has 1 atom stereocenters. The Balaban J connectivity index is 1.76. The van der Waals surface area contributed by atoms with Gasteiger partial charge in [-0.05, 0) is 24.1 Å². The fourth-order valence-corrected chi connectivity index (χ4v) is 3.51. The van der Waals surface area contributed by atoms with Crippen molar-refractivity contribution >= 4 is 10.0 Å². The minimum absolute atomic E-state index is 0.00694. The van der Waals surface area contributed by atoms with Crippen molar-refractivity contribution in [2.75, 3.05) is 19.3 Å². The lowest BCUT2D eigenvalue weighted by molar-refractivity contribution is 0.167. The number of aryl methyl sites for hydroxylation is 1. The first-order valence-corrected chi connectivity index (χ1v) is 9.55. The molecular weight excluding hydrogens is 312 g/mol. The van der Waals surface area contributed by atoms with E-state index >= 15 is 0 Å². The van der Waals surface area contributed by atoms with Gasteiger partial charge in [0.15, 0.2) is 0 Å². The zero-order valence-corrected chi connectivity index (χ0v) is 14.3. The van der Waals surface area contributed by atoms with Crippen molar-refractivity contribution in [3.8, 4) is 0 Å². The Bertz CT molecular complexity index is 785. The summed E-state index contributed by atoms with van der Waals surface area (Å²) >= 11 is 0. The molecule has 1 aromatic heterocycles. The van der Waals surface area contributed by atoms with E-state index in [4.69, 9.17) is 0 Å². The molecule has 0 fully saturated rings. The van der Waals surface area contributed by atoms with Crippen molar-refractivity contribution in [2.24, 2.45) is 0 Å². The molecule has 0 spiro atoms. The Morgan fingerprint density at radius 3 is 2.83 bits per heavy atom. The van der Waals surface area contributed by atoms with Crippen LogP contribution >= 0.6 is 0 Å². The average molecular weight is 334 g/mol. The molecule has 2 aromatic rings. The number of nitrogens with one attached hydrogen (secondary N) is 1. The summed E-state index contributed by atoms with van der Waals surface area (Å²) in [4.78, 5) is 2.34. The molecule has 3 rings (SSSR count). The highest BCUT2D eigenvalue weighted by atomic mass is 32.2. The summed E-state index contributed by atoms with van der Waals surface area (Å²) in [5.74, 6) is 0. The summed E-state index contributed by atoms with van der Waals surface area (Å²) in [5.41, 5.74) is 3.69. The molecular formula is C16H22N4O2S. The summed E-state index contributed by atoms with van der Waals surface area (Å²) in [5, 5.41) is 4.35. The van der Waals surface area contributed by atoms with Gasteiger partial charge in [0.05, 0.1) is 18.0 Å². The number of nitrogens with zero attached hydrogens (tertiary/aromatic N) is 3. The molecule has 0 saturated carbocycles. The van der Waals surface area contributed by atoms with E-state index in [1.165, 1.54) is 17.4 Å². The maximum absolute atomic E-state index is 11.4. The van der Waals surface area contributed by atoms with Gasteiger partial charge in [-0.2, -0.15) is 5.10 Å². The lowest BCUT2D eigenvalue weighted by Crippen LogP contribution is -2.42. The molecule has 0 amide bonds. The number of rotatable bonds is 5. The Hall–Kier alpha value is -1.70. The van der Waals surface area contributed by atoms with E-state index in [1.807, 2.05) is 16.8 Å². The second-order valence-electron chi connectivity index (χ2n) is 6.14. The van der Waals surface area contributed by atoms with Crippen LogP contribution in [0.1, 0.15) is 22.9 Å². The second kappa shape index (κ2) is 6.43. The van der Waals surface area contributed by atoms with Gasteiger partial charge in [0.25, 0.3) is 0 Å². The van der Waals surface area contributed by atoms with Gasteiger partial charge < -0.3 is 0 Å². The molecule has 124 valence electrons. The molecule has 0 bridgehead atoms. The van der Waals surface area contributed by atoms with Gasteiger partial charge in [-0.3, -0.25) is 9.58 Å². The standard InChI is InChI=1S/C16H22N4O2S/c1-13-5-3-4-6-14(13)10-19-11-15-7-8-17-20(15)16(12-19)9-18-23(2,21)22/h3-8,16,18H,9-12H2,1-2H3/t16-/m1/s1. The summed E-state index contributed by atoms with van der Waals surface area (Å²) in [6, 6.07) is 10.4. The summed E-state index contributed by atoms with van der Waals surface area (Å²) < 4.78 is 27.3. The third-order valence-corrected chi connectivity index (χ3v) is 4.88. The maximum atomic E-state index is 11.4. The number of fused-ring (bicyclic) bond motifs is 1. The predicted octanol–water partition coefficient (Wildman–Crippen LogP) is 1.30. The van der Waals surface area contributed by atoms with Crippen molar-refractivity contribution in [3.05, 3.63) is 53.3 Å². The summed E-state index contributed by atoms with van der Waals surface area (Å²) in [6.07, 6.45) is 2.96. The van der Waals surface area contributed by atoms with Gasteiger partial charge in [-0.25, -0.2) is 13.1 Å². The number of hydrogen-bond donors (Lipinski definition) is 1. The van der Waals surface area contributed by atoms with E-state index < -0.39 is 10.0 Å². The first-order valence-electron chi connectivity index (χ1n) is 7.66. The van der Waals surface area contributed by atoms with Crippen molar-refractivity contribution in [1.29, 1.82) is 0 Å². The Morgan fingerprint density at radius 1 is 1.30 bits per heavy atom. The topological polar surface area (TPSA) is 67.2 Å².